The van der Waals surface area contributed by atoms with Crippen LogP contribution in [0.2, 0.25) is 0 Å². The van der Waals surface area contributed by atoms with Gasteiger partial charge in [0.15, 0.2) is 0 Å². The van der Waals surface area contributed by atoms with Crippen molar-refractivity contribution >= 4 is 82.2 Å². The van der Waals surface area contributed by atoms with E-state index in [4.69, 9.17) is 0 Å². The normalized spacial score (nSPS) is 13.0. The standard InChI is InChI=1S/C65H45N3/c1-65(2)57-40-45(32-35-50(57)51-36-33-46(41-58(51)65)68-61-28-14-10-24-53(61)54-25-11-15-29-62(54)68)67(59-30-16-18-42-17-6-7-21-48(42)59)63-38-37-47(49-22-8-9-23-52(49)63)43-31-34-56-55-26-12-13-27-60(55)66(64(56)39-43)44-19-4-3-5-20-44/h3-41H,1-2H3. The molecule has 11 aromatic carbocycles. The molecule has 3 nitrogen and oxygen atoms in total. The summed E-state index contributed by atoms with van der Waals surface area (Å²) in [6, 6.07) is 87.5. The van der Waals surface area contributed by atoms with Crippen LogP contribution in [0.4, 0.5) is 17.1 Å². The number of fused-ring (bicyclic) bond motifs is 11. The van der Waals surface area contributed by atoms with Crippen LogP contribution in [0.5, 0.6) is 0 Å². The molecule has 3 heteroatoms. The van der Waals surface area contributed by atoms with Crippen LogP contribution in [0.1, 0.15) is 25.0 Å². The third-order valence-corrected chi connectivity index (χ3v) is 14.9. The fourth-order valence-electron chi connectivity index (χ4n) is 11.7. The largest absolute Gasteiger partial charge is 0.309 e. The van der Waals surface area contributed by atoms with Crippen LogP contribution in [0, 0.1) is 0 Å². The topological polar surface area (TPSA) is 13.1 Å². The first-order valence-electron chi connectivity index (χ1n) is 23.7. The van der Waals surface area contributed by atoms with E-state index in [9.17, 15) is 0 Å². The lowest BCUT2D eigenvalue weighted by molar-refractivity contribution is 0.660. The fourth-order valence-corrected chi connectivity index (χ4v) is 11.7. The first-order chi connectivity index (χ1) is 33.5. The van der Waals surface area contributed by atoms with Crippen molar-refractivity contribution in [3.8, 4) is 33.6 Å². The summed E-state index contributed by atoms with van der Waals surface area (Å²) in [7, 11) is 0. The van der Waals surface area contributed by atoms with Crippen LogP contribution in [0.15, 0.2) is 237 Å². The third-order valence-electron chi connectivity index (χ3n) is 14.9. The van der Waals surface area contributed by atoms with Gasteiger partial charge in [0.05, 0.1) is 33.4 Å². The van der Waals surface area contributed by atoms with E-state index in [1.54, 1.807) is 0 Å². The number of anilines is 3. The summed E-state index contributed by atoms with van der Waals surface area (Å²) < 4.78 is 4.85. The minimum absolute atomic E-state index is 0.257. The highest BCUT2D eigenvalue weighted by Gasteiger charge is 2.37. The van der Waals surface area contributed by atoms with Crippen molar-refractivity contribution in [1.82, 2.24) is 9.13 Å². The van der Waals surface area contributed by atoms with Gasteiger partial charge in [-0.25, -0.2) is 0 Å². The summed E-state index contributed by atoms with van der Waals surface area (Å²) in [5.41, 5.74) is 18.0. The quantitative estimate of drug-likeness (QED) is 0.162. The van der Waals surface area contributed by atoms with E-state index in [1.165, 1.54) is 104 Å². The fraction of sp³-hybridized carbons (Fsp3) is 0.0462. The molecule has 68 heavy (non-hydrogen) atoms. The Hall–Kier alpha value is -8.66. The highest BCUT2D eigenvalue weighted by molar-refractivity contribution is 6.13. The van der Waals surface area contributed by atoms with E-state index in [1.807, 2.05) is 0 Å². The average molecular weight is 868 g/mol. The Balaban J connectivity index is 0.941. The Labute approximate surface area is 395 Å². The van der Waals surface area contributed by atoms with Gasteiger partial charge >= 0.3 is 0 Å². The van der Waals surface area contributed by atoms with Crippen LogP contribution in [-0.2, 0) is 5.41 Å². The van der Waals surface area contributed by atoms with Crippen LogP contribution in [0.3, 0.4) is 0 Å². The molecule has 0 amide bonds. The average Bonchev–Trinajstić information content (AvgIpc) is 3.99. The molecule has 0 unspecified atom stereocenters. The first kappa shape index (κ1) is 38.6. The van der Waals surface area contributed by atoms with E-state index in [0.29, 0.717) is 0 Å². The molecule has 2 aromatic heterocycles. The van der Waals surface area contributed by atoms with Gasteiger partial charge in [-0.3, -0.25) is 0 Å². The Kier molecular flexibility index (Phi) is 8.33. The predicted octanol–water partition coefficient (Wildman–Crippen LogP) is 17.6. The summed E-state index contributed by atoms with van der Waals surface area (Å²) in [4.78, 5) is 2.51. The van der Waals surface area contributed by atoms with Crippen LogP contribution >= 0.6 is 0 Å². The van der Waals surface area contributed by atoms with Gasteiger partial charge in [-0.2, -0.15) is 0 Å². The molecular weight excluding hydrogens is 823 g/mol. The van der Waals surface area contributed by atoms with E-state index < -0.39 is 0 Å². The number of hydrogen-bond donors (Lipinski definition) is 0. The Morgan fingerprint density at radius 2 is 0.838 bits per heavy atom. The SMILES string of the molecule is CC1(C)c2cc(N(c3cccc4ccccc34)c3ccc(-c4ccc5c6ccccc6n(-c6ccccc6)c5c4)c4ccccc34)ccc2-c2ccc(-n3c4ccccc4c4ccccc43)cc21. The summed E-state index contributed by atoms with van der Waals surface area (Å²) >= 11 is 0. The monoisotopic (exact) mass is 867 g/mol. The van der Waals surface area contributed by atoms with Crippen molar-refractivity contribution < 1.29 is 0 Å². The predicted molar refractivity (Wildman–Crippen MR) is 288 cm³/mol. The Morgan fingerprint density at radius 3 is 1.54 bits per heavy atom. The lowest BCUT2D eigenvalue weighted by Gasteiger charge is -2.30. The second-order valence-corrected chi connectivity index (χ2v) is 18.9. The van der Waals surface area contributed by atoms with Crippen molar-refractivity contribution in [2.75, 3.05) is 4.90 Å². The summed E-state index contributed by atoms with van der Waals surface area (Å²) in [6.45, 7) is 4.80. The van der Waals surface area contributed by atoms with Crippen LogP contribution in [-0.4, -0.2) is 9.13 Å². The van der Waals surface area contributed by atoms with Gasteiger partial charge in [-0.15, -0.1) is 0 Å². The molecular formula is C65H45N3. The van der Waals surface area contributed by atoms with Gasteiger partial charge in [0.25, 0.3) is 0 Å². The number of benzene rings is 11. The number of hydrogen-bond acceptors (Lipinski definition) is 1. The van der Waals surface area contributed by atoms with Gasteiger partial charge in [-0.05, 0) is 117 Å². The van der Waals surface area contributed by atoms with E-state index in [0.717, 1.165) is 22.7 Å². The molecule has 2 heterocycles. The van der Waals surface area contributed by atoms with Crippen LogP contribution < -0.4 is 4.90 Å². The van der Waals surface area contributed by atoms with Gasteiger partial charge in [-0.1, -0.05) is 178 Å². The maximum atomic E-state index is 2.51. The molecule has 0 spiro atoms. The molecule has 1 aliphatic carbocycles. The molecule has 320 valence electrons. The second-order valence-electron chi connectivity index (χ2n) is 18.9. The van der Waals surface area contributed by atoms with Gasteiger partial charge < -0.3 is 14.0 Å². The molecule has 0 aliphatic heterocycles. The van der Waals surface area contributed by atoms with Gasteiger partial charge in [0, 0.05) is 54.8 Å². The minimum Gasteiger partial charge on any atom is -0.309 e. The maximum Gasteiger partial charge on any atom is 0.0547 e. The van der Waals surface area contributed by atoms with E-state index >= 15 is 0 Å². The summed E-state index contributed by atoms with van der Waals surface area (Å²) in [5.74, 6) is 0. The molecule has 0 saturated heterocycles. The number of aromatic nitrogens is 2. The van der Waals surface area contributed by atoms with Crippen molar-refractivity contribution in [3.63, 3.8) is 0 Å². The second kappa shape index (κ2) is 14.7. The first-order valence-corrected chi connectivity index (χ1v) is 23.7. The Bertz CT molecular complexity index is 4130. The number of para-hydroxylation sites is 4. The van der Waals surface area contributed by atoms with Crippen molar-refractivity contribution in [2.45, 2.75) is 19.3 Å². The number of rotatable bonds is 6. The molecule has 13 aromatic rings. The summed E-state index contributed by atoms with van der Waals surface area (Å²) in [6.07, 6.45) is 0. The maximum absolute atomic E-state index is 2.51. The highest BCUT2D eigenvalue weighted by atomic mass is 15.1. The highest BCUT2D eigenvalue weighted by Crippen LogP contribution is 2.53. The van der Waals surface area contributed by atoms with E-state index in [2.05, 4.69) is 264 Å². The molecule has 0 fully saturated rings. The van der Waals surface area contributed by atoms with Crippen LogP contribution in [0.25, 0.3) is 98.8 Å². The van der Waals surface area contributed by atoms with Crippen molar-refractivity contribution in [2.24, 2.45) is 0 Å². The third kappa shape index (κ3) is 5.60. The molecule has 0 atom stereocenters. The smallest absolute Gasteiger partial charge is 0.0547 e. The zero-order valence-electron chi connectivity index (χ0n) is 37.9. The molecule has 0 radical (unpaired) electrons. The molecule has 0 bridgehead atoms. The molecule has 14 rings (SSSR count). The minimum atomic E-state index is -0.257. The summed E-state index contributed by atoms with van der Waals surface area (Å²) in [5, 5.41) is 9.89. The Morgan fingerprint density at radius 1 is 0.324 bits per heavy atom. The van der Waals surface area contributed by atoms with Crippen molar-refractivity contribution in [3.05, 3.63) is 248 Å². The van der Waals surface area contributed by atoms with Gasteiger partial charge in [0.1, 0.15) is 0 Å². The zero-order chi connectivity index (χ0) is 45.1. The lowest BCUT2D eigenvalue weighted by atomic mass is 9.82. The number of nitrogens with zero attached hydrogens (tertiary/aromatic N) is 3. The molecule has 0 saturated carbocycles. The molecule has 0 N–H and O–H groups in total. The van der Waals surface area contributed by atoms with Crippen molar-refractivity contribution in [1.29, 1.82) is 0 Å². The zero-order valence-corrected chi connectivity index (χ0v) is 37.9. The molecule has 1 aliphatic rings. The van der Waals surface area contributed by atoms with Gasteiger partial charge in [0.2, 0.25) is 0 Å². The lowest BCUT2D eigenvalue weighted by Crippen LogP contribution is -2.17. The van der Waals surface area contributed by atoms with E-state index in [-0.39, 0.29) is 5.41 Å².